The number of carbonyl (C=O) groups is 1. The molecule has 1 aliphatic rings. The molecule has 0 radical (unpaired) electrons. The van der Waals surface area contributed by atoms with Crippen molar-refractivity contribution in [2.75, 3.05) is 0 Å². The largest absolute Gasteiger partial charge is 0.459 e. The van der Waals surface area contributed by atoms with Crippen LogP contribution in [0.2, 0.25) is 6.04 Å². The van der Waals surface area contributed by atoms with Gasteiger partial charge < -0.3 is 4.74 Å². The van der Waals surface area contributed by atoms with Gasteiger partial charge in [0.05, 0.1) is 0 Å². The summed E-state index contributed by atoms with van der Waals surface area (Å²) < 4.78 is 5.48. The summed E-state index contributed by atoms with van der Waals surface area (Å²) in [6, 6.07) is 1.20. The van der Waals surface area contributed by atoms with Gasteiger partial charge in [0.25, 0.3) is 0 Å². The molecule has 0 heterocycles. The SMILES string of the molecule is CC1(OC(=O)CCC[SiH3])CCCC1. The molecule has 1 saturated carbocycles. The molecule has 76 valence electrons. The molecule has 0 unspecified atom stereocenters. The van der Waals surface area contributed by atoms with E-state index in [4.69, 9.17) is 4.74 Å². The first-order valence-corrected chi connectivity index (χ1v) is 6.79. The summed E-state index contributed by atoms with van der Waals surface area (Å²) in [5.74, 6) is 0.0141. The van der Waals surface area contributed by atoms with Crippen LogP contribution >= 0.6 is 0 Å². The molecule has 0 aliphatic heterocycles. The lowest BCUT2D eigenvalue weighted by Crippen LogP contribution is -2.27. The fraction of sp³-hybridized carbons (Fsp3) is 0.900. The normalized spacial score (nSPS) is 20.4. The van der Waals surface area contributed by atoms with Crippen molar-refractivity contribution in [3.63, 3.8) is 0 Å². The van der Waals surface area contributed by atoms with E-state index in [1.165, 1.54) is 29.1 Å². The van der Waals surface area contributed by atoms with E-state index in [1.54, 1.807) is 0 Å². The smallest absolute Gasteiger partial charge is 0.306 e. The highest BCUT2D eigenvalue weighted by Gasteiger charge is 2.32. The molecule has 0 aromatic carbocycles. The lowest BCUT2D eigenvalue weighted by atomic mass is 10.1. The molecule has 1 rings (SSSR count). The van der Waals surface area contributed by atoms with Gasteiger partial charge in [-0.15, -0.1) is 0 Å². The molecule has 1 fully saturated rings. The summed E-state index contributed by atoms with van der Waals surface area (Å²) in [5.41, 5.74) is -0.123. The van der Waals surface area contributed by atoms with Gasteiger partial charge in [0, 0.05) is 16.7 Å². The van der Waals surface area contributed by atoms with Crippen LogP contribution in [0.25, 0.3) is 0 Å². The van der Waals surface area contributed by atoms with Crippen molar-refractivity contribution in [3.8, 4) is 0 Å². The van der Waals surface area contributed by atoms with Crippen LogP contribution in [0.1, 0.15) is 45.4 Å². The fourth-order valence-corrected chi connectivity index (χ4v) is 2.23. The molecule has 13 heavy (non-hydrogen) atoms. The third kappa shape index (κ3) is 3.51. The molecule has 0 aromatic rings. The summed E-state index contributed by atoms with van der Waals surface area (Å²) in [6.45, 7) is 2.07. The molecular formula is C10H20O2Si. The van der Waals surface area contributed by atoms with Crippen molar-refractivity contribution in [3.05, 3.63) is 0 Å². The average Bonchev–Trinajstić information content (AvgIpc) is 2.48. The first-order chi connectivity index (χ1) is 6.16. The van der Waals surface area contributed by atoms with Crippen molar-refractivity contribution in [2.24, 2.45) is 0 Å². The Labute approximate surface area is 83.5 Å². The maximum absolute atomic E-state index is 11.4. The number of esters is 1. The molecule has 3 heteroatoms. The zero-order valence-electron chi connectivity index (χ0n) is 8.77. The van der Waals surface area contributed by atoms with E-state index >= 15 is 0 Å². The monoisotopic (exact) mass is 200 g/mol. The summed E-state index contributed by atoms with van der Waals surface area (Å²) in [5, 5.41) is 0. The lowest BCUT2D eigenvalue weighted by molar-refractivity contribution is -0.157. The van der Waals surface area contributed by atoms with Crippen LogP contribution in [0.3, 0.4) is 0 Å². The van der Waals surface area contributed by atoms with Gasteiger partial charge in [-0.1, -0.05) is 6.04 Å². The van der Waals surface area contributed by atoms with Gasteiger partial charge in [0.15, 0.2) is 0 Å². The van der Waals surface area contributed by atoms with Crippen LogP contribution in [0.4, 0.5) is 0 Å². The zero-order chi connectivity index (χ0) is 9.73. The average molecular weight is 200 g/mol. The Hall–Kier alpha value is -0.313. The standard InChI is InChI=1S/C10H20O2Si/c1-10(6-2-3-7-10)12-9(11)5-4-8-13/h2-8H2,1,13H3. The Morgan fingerprint density at radius 3 is 2.62 bits per heavy atom. The van der Waals surface area contributed by atoms with Gasteiger partial charge in [-0.3, -0.25) is 4.79 Å². The van der Waals surface area contributed by atoms with Crippen molar-refractivity contribution in [1.82, 2.24) is 0 Å². The van der Waals surface area contributed by atoms with Gasteiger partial charge >= 0.3 is 5.97 Å². The Kier molecular flexibility index (Phi) is 3.97. The third-order valence-electron chi connectivity index (χ3n) is 2.76. The second kappa shape index (κ2) is 4.79. The molecule has 0 atom stereocenters. The van der Waals surface area contributed by atoms with Crippen LogP contribution in [-0.4, -0.2) is 21.8 Å². The van der Waals surface area contributed by atoms with E-state index in [2.05, 4.69) is 6.92 Å². The topological polar surface area (TPSA) is 26.3 Å². The second-order valence-electron chi connectivity index (χ2n) is 4.23. The van der Waals surface area contributed by atoms with Crippen molar-refractivity contribution >= 4 is 16.2 Å². The van der Waals surface area contributed by atoms with Gasteiger partial charge in [0.2, 0.25) is 0 Å². The van der Waals surface area contributed by atoms with E-state index in [-0.39, 0.29) is 11.6 Å². The van der Waals surface area contributed by atoms with Crippen molar-refractivity contribution < 1.29 is 9.53 Å². The number of hydrogen-bond acceptors (Lipinski definition) is 2. The molecule has 0 spiro atoms. The first kappa shape index (κ1) is 10.8. The quantitative estimate of drug-likeness (QED) is 0.507. The van der Waals surface area contributed by atoms with Crippen molar-refractivity contribution in [2.45, 2.75) is 57.1 Å². The molecule has 0 aromatic heterocycles. The van der Waals surface area contributed by atoms with Crippen LogP contribution in [0, 0.1) is 0 Å². The van der Waals surface area contributed by atoms with Gasteiger partial charge in [-0.05, 0) is 39.0 Å². The van der Waals surface area contributed by atoms with Crippen molar-refractivity contribution in [1.29, 1.82) is 0 Å². The Balaban J connectivity index is 2.26. The van der Waals surface area contributed by atoms with Crippen LogP contribution in [0.15, 0.2) is 0 Å². The minimum absolute atomic E-state index is 0.0141. The molecule has 0 saturated heterocycles. The molecule has 2 nitrogen and oxygen atoms in total. The lowest BCUT2D eigenvalue weighted by Gasteiger charge is -2.23. The second-order valence-corrected chi connectivity index (χ2v) is 5.23. The predicted octanol–water partition coefficient (Wildman–Crippen LogP) is 1.43. The molecule has 1 aliphatic carbocycles. The number of ether oxygens (including phenoxy) is 1. The van der Waals surface area contributed by atoms with Gasteiger partial charge in [-0.2, -0.15) is 0 Å². The first-order valence-electron chi connectivity index (χ1n) is 5.38. The number of carbonyl (C=O) groups excluding carboxylic acids is 1. The minimum atomic E-state index is -0.123. The van der Waals surface area contributed by atoms with E-state index in [0.29, 0.717) is 6.42 Å². The maximum atomic E-state index is 11.4. The predicted molar refractivity (Wildman–Crippen MR) is 56.9 cm³/mol. The Bertz CT molecular complexity index is 174. The molecule has 0 amide bonds. The highest BCUT2D eigenvalue weighted by molar-refractivity contribution is 6.08. The number of hydrogen-bond donors (Lipinski definition) is 0. The Morgan fingerprint density at radius 1 is 1.46 bits per heavy atom. The zero-order valence-corrected chi connectivity index (χ0v) is 10.8. The van der Waals surface area contributed by atoms with Gasteiger partial charge in [-0.25, -0.2) is 0 Å². The molecule has 0 N–H and O–H groups in total. The summed E-state index contributed by atoms with van der Waals surface area (Å²) in [7, 11) is 1.19. The van der Waals surface area contributed by atoms with E-state index in [1.807, 2.05) is 0 Å². The summed E-state index contributed by atoms with van der Waals surface area (Å²) >= 11 is 0. The minimum Gasteiger partial charge on any atom is -0.459 e. The highest BCUT2D eigenvalue weighted by atomic mass is 28.1. The van der Waals surface area contributed by atoms with Crippen LogP contribution < -0.4 is 0 Å². The third-order valence-corrected chi connectivity index (χ3v) is 3.46. The maximum Gasteiger partial charge on any atom is 0.306 e. The number of rotatable bonds is 4. The molecule has 0 bridgehead atoms. The Morgan fingerprint density at radius 2 is 2.08 bits per heavy atom. The summed E-state index contributed by atoms with van der Waals surface area (Å²) in [4.78, 5) is 11.4. The highest BCUT2D eigenvalue weighted by Crippen LogP contribution is 2.32. The van der Waals surface area contributed by atoms with E-state index in [0.717, 1.165) is 19.3 Å². The van der Waals surface area contributed by atoms with Crippen LogP contribution in [-0.2, 0) is 9.53 Å². The van der Waals surface area contributed by atoms with Gasteiger partial charge in [0.1, 0.15) is 5.60 Å². The van der Waals surface area contributed by atoms with E-state index in [9.17, 15) is 4.79 Å². The molecular weight excluding hydrogens is 180 g/mol. The van der Waals surface area contributed by atoms with E-state index < -0.39 is 0 Å². The van der Waals surface area contributed by atoms with Crippen LogP contribution in [0.5, 0.6) is 0 Å². The fourth-order valence-electron chi connectivity index (χ4n) is 1.87. The summed E-state index contributed by atoms with van der Waals surface area (Å²) in [6.07, 6.45) is 6.17.